The van der Waals surface area contributed by atoms with E-state index >= 15 is 0 Å². The van der Waals surface area contributed by atoms with Gasteiger partial charge in [0.15, 0.2) is 0 Å². The first-order valence-corrected chi connectivity index (χ1v) is 2.87. The molecule has 0 bridgehead atoms. The van der Waals surface area contributed by atoms with Gasteiger partial charge in [-0.05, 0) is 19.0 Å². The molecular weight excluding hydrogens is 105 g/mol. The molecule has 0 heterocycles. The Morgan fingerprint density at radius 3 is 2.88 bits per heavy atom. The Hall–Kier alpha value is -0.370. The number of hydrogen-bond donors (Lipinski definition) is 1. The van der Waals surface area contributed by atoms with Crippen LogP contribution in [0.15, 0.2) is 12.4 Å². The van der Waals surface area contributed by atoms with Gasteiger partial charge in [-0.25, -0.2) is 4.39 Å². The van der Waals surface area contributed by atoms with Crippen molar-refractivity contribution in [3.8, 4) is 0 Å². The zero-order valence-corrected chi connectivity index (χ0v) is 5.15. The van der Waals surface area contributed by atoms with Gasteiger partial charge < -0.3 is 5.32 Å². The molecule has 0 amide bonds. The van der Waals surface area contributed by atoms with Gasteiger partial charge in [0.05, 0.1) is 6.33 Å². The van der Waals surface area contributed by atoms with Crippen molar-refractivity contribution in [3.05, 3.63) is 12.4 Å². The van der Waals surface area contributed by atoms with Gasteiger partial charge in [0, 0.05) is 6.54 Å². The van der Waals surface area contributed by atoms with Crippen LogP contribution in [-0.4, -0.2) is 13.1 Å². The topological polar surface area (TPSA) is 12.0 Å². The predicted molar refractivity (Wildman–Crippen MR) is 33.4 cm³/mol. The normalized spacial score (nSPS) is 10.8. The van der Waals surface area contributed by atoms with Crippen molar-refractivity contribution < 1.29 is 4.39 Å². The van der Waals surface area contributed by atoms with Crippen molar-refractivity contribution >= 4 is 0 Å². The van der Waals surface area contributed by atoms with Crippen LogP contribution in [-0.2, 0) is 0 Å². The summed E-state index contributed by atoms with van der Waals surface area (Å²) < 4.78 is 11.2. The van der Waals surface area contributed by atoms with Crippen LogP contribution < -0.4 is 5.32 Å². The van der Waals surface area contributed by atoms with Gasteiger partial charge in [0.1, 0.15) is 0 Å². The minimum Gasteiger partial charge on any atom is -0.313 e. The lowest BCUT2D eigenvalue weighted by atomic mass is 10.5. The minimum absolute atomic E-state index is 0.558. The highest BCUT2D eigenvalue weighted by Crippen LogP contribution is 1.71. The summed E-state index contributed by atoms with van der Waals surface area (Å²) in [5.74, 6) is 0. The number of rotatable bonds is 4. The predicted octanol–water partition coefficient (Wildman–Crippen LogP) is 1.47. The summed E-state index contributed by atoms with van der Waals surface area (Å²) in [6.45, 7) is 3.68. The molecule has 1 nitrogen and oxygen atoms in total. The van der Waals surface area contributed by atoms with Crippen molar-refractivity contribution in [2.24, 2.45) is 0 Å². The van der Waals surface area contributed by atoms with Gasteiger partial charge in [-0.3, -0.25) is 0 Å². The molecule has 0 unspecified atom stereocenters. The number of hydrogen-bond acceptors (Lipinski definition) is 1. The largest absolute Gasteiger partial charge is 0.313 e. The Morgan fingerprint density at radius 2 is 2.38 bits per heavy atom. The molecule has 0 spiro atoms. The summed E-state index contributed by atoms with van der Waals surface area (Å²) in [7, 11) is 0. The van der Waals surface area contributed by atoms with Gasteiger partial charge >= 0.3 is 0 Å². The highest BCUT2D eigenvalue weighted by atomic mass is 19.1. The first-order valence-electron chi connectivity index (χ1n) is 2.87. The summed E-state index contributed by atoms with van der Waals surface area (Å²) in [4.78, 5) is 0. The fourth-order valence-electron chi connectivity index (χ4n) is 0.407. The van der Waals surface area contributed by atoms with Crippen LogP contribution in [0.3, 0.4) is 0 Å². The molecule has 0 aliphatic carbocycles. The zero-order chi connectivity index (χ0) is 6.24. The van der Waals surface area contributed by atoms with E-state index < -0.39 is 0 Å². The molecule has 0 saturated carbocycles. The average Bonchev–Trinajstić information content (AvgIpc) is 1.81. The standard InChI is InChI=1S/C6H12FN/c1-2-5-8-6-3-4-7/h3-4,8H,2,5-6H2,1H3/b4-3+. The Kier molecular flexibility index (Phi) is 6.32. The molecule has 0 aromatic heterocycles. The summed E-state index contributed by atoms with van der Waals surface area (Å²) in [6, 6.07) is 0. The van der Waals surface area contributed by atoms with E-state index in [9.17, 15) is 4.39 Å². The maximum absolute atomic E-state index is 11.2. The SMILES string of the molecule is CCCNC/C=C/F. The molecule has 0 radical (unpaired) electrons. The third-order valence-corrected chi connectivity index (χ3v) is 0.778. The molecule has 0 aliphatic heterocycles. The highest BCUT2D eigenvalue weighted by Gasteiger charge is 1.75. The van der Waals surface area contributed by atoms with Crippen molar-refractivity contribution in [1.29, 1.82) is 0 Å². The van der Waals surface area contributed by atoms with E-state index in [1.165, 1.54) is 6.08 Å². The number of nitrogens with one attached hydrogen (secondary N) is 1. The first kappa shape index (κ1) is 7.63. The minimum atomic E-state index is 0.558. The average molecular weight is 117 g/mol. The molecule has 2 heteroatoms. The maximum atomic E-state index is 11.2. The summed E-state index contributed by atoms with van der Waals surface area (Å²) in [5, 5.41) is 3.01. The Bertz CT molecular complexity index is 61.5. The molecule has 0 aromatic rings. The molecule has 48 valence electrons. The first-order chi connectivity index (χ1) is 3.91. The lowest BCUT2D eigenvalue weighted by Crippen LogP contribution is -2.13. The lowest BCUT2D eigenvalue weighted by Gasteiger charge is -1.93. The fourth-order valence-corrected chi connectivity index (χ4v) is 0.407. The molecule has 1 N–H and O–H groups in total. The fraction of sp³-hybridized carbons (Fsp3) is 0.667. The van der Waals surface area contributed by atoms with E-state index in [0.29, 0.717) is 12.9 Å². The van der Waals surface area contributed by atoms with Gasteiger partial charge in [-0.2, -0.15) is 0 Å². The molecule has 0 fully saturated rings. The van der Waals surface area contributed by atoms with Crippen LogP contribution in [0, 0.1) is 0 Å². The smallest absolute Gasteiger partial charge is 0.0839 e. The van der Waals surface area contributed by atoms with E-state index in [1.54, 1.807) is 0 Å². The monoisotopic (exact) mass is 117 g/mol. The molecule has 0 aliphatic rings. The Morgan fingerprint density at radius 1 is 1.62 bits per heavy atom. The van der Waals surface area contributed by atoms with Crippen LogP contribution in [0.4, 0.5) is 4.39 Å². The van der Waals surface area contributed by atoms with Gasteiger partial charge in [-0.1, -0.05) is 6.92 Å². The van der Waals surface area contributed by atoms with Crippen molar-refractivity contribution in [2.75, 3.05) is 13.1 Å². The Labute approximate surface area is 49.6 Å². The third kappa shape index (κ3) is 5.63. The van der Waals surface area contributed by atoms with E-state index in [0.717, 1.165) is 13.0 Å². The van der Waals surface area contributed by atoms with Gasteiger partial charge in [0.25, 0.3) is 0 Å². The molecule has 0 aromatic carbocycles. The van der Waals surface area contributed by atoms with Crippen molar-refractivity contribution in [2.45, 2.75) is 13.3 Å². The van der Waals surface area contributed by atoms with Crippen LogP contribution >= 0.6 is 0 Å². The molecule has 8 heavy (non-hydrogen) atoms. The maximum Gasteiger partial charge on any atom is 0.0839 e. The molecule has 0 atom stereocenters. The molecule has 0 rings (SSSR count). The summed E-state index contributed by atoms with van der Waals surface area (Å²) in [5.41, 5.74) is 0. The summed E-state index contributed by atoms with van der Waals surface area (Å²) in [6.07, 6.45) is 3.11. The summed E-state index contributed by atoms with van der Waals surface area (Å²) >= 11 is 0. The molecule has 0 saturated heterocycles. The number of halogens is 1. The Balaban J connectivity index is 2.72. The highest BCUT2D eigenvalue weighted by molar-refractivity contribution is 4.74. The lowest BCUT2D eigenvalue weighted by molar-refractivity contribution is 0.692. The van der Waals surface area contributed by atoms with E-state index in [1.807, 2.05) is 0 Å². The second-order valence-corrected chi connectivity index (χ2v) is 1.57. The second kappa shape index (κ2) is 6.63. The molecular formula is C6H12FN. The van der Waals surface area contributed by atoms with Crippen molar-refractivity contribution in [3.63, 3.8) is 0 Å². The van der Waals surface area contributed by atoms with Gasteiger partial charge in [-0.15, -0.1) is 0 Å². The van der Waals surface area contributed by atoms with Gasteiger partial charge in [0.2, 0.25) is 0 Å². The van der Waals surface area contributed by atoms with E-state index in [2.05, 4.69) is 12.2 Å². The van der Waals surface area contributed by atoms with E-state index in [4.69, 9.17) is 0 Å². The van der Waals surface area contributed by atoms with Crippen molar-refractivity contribution in [1.82, 2.24) is 5.32 Å². The zero-order valence-electron chi connectivity index (χ0n) is 5.15. The third-order valence-electron chi connectivity index (χ3n) is 0.778. The van der Waals surface area contributed by atoms with Crippen LogP contribution in [0.1, 0.15) is 13.3 Å². The quantitative estimate of drug-likeness (QED) is 0.550. The van der Waals surface area contributed by atoms with Crippen LogP contribution in [0.25, 0.3) is 0 Å². The second-order valence-electron chi connectivity index (χ2n) is 1.57. The van der Waals surface area contributed by atoms with Crippen LogP contribution in [0.5, 0.6) is 0 Å². The van der Waals surface area contributed by atoms with Crippen LogP contribution in [0.2, 0.25) is 0 Å². The van der Waals surface area contributed by atoms with E-state index in [-0.39, 0.29) is 0 Å².